The van der Waals surface area contributed by atoms with Crippen molar-refractivity contribution in [2.45, 2.75) is 45.4 Å². The van der Waals surface area contributed by atoms with Crippen molar-refractivity contribution in [1.82, 2.24) is 9.88 Å². The van der Waals surface area contributed by atoms with Gasteiger partial charge >= 0.3 is 5.97 Å². The molecule has 1 aromatic heterocycles. The third-order valence-corrected chi connectivity index (χ3v) is 7.70. The van der Waals surface area contributed by atoms with Gasteiger partial charge in [-0.3, -0.25) is 4.79 Å². The number of hydrogen-bond donors (Lipinski definition) is 2. The van der Waals surface area contributed by atoms with Crippen LogP contribution in [0.3, 0.4) is 0 Å². The molecule has 0 spiro atoms. The topological polar surface area (TPSA) is 102 Å². The number of benzene rings is 1. The van der Waals surface area contributed by atoms with Crippen molar-refractivity contribution >= 4 is 22.6 Å². The summed E-state index contributed by atoms with van der Waals surface area (Å²) in [6, 6.07) is 2.88. The first-order valence-electron chi connectivity index (χ1n) is 13.2. The zero-order valence-corrected chi connectivity index (χ0v) is 21.7. The second-order valence-corrected chi connectivity index (χ2v) is 9.89. The molecule has 204 valence electrons. The number of nitrogens with zero attached hydrogens (tertiary/aromatic N) is 2. The molecule has 0 bridgehead atoms. The molecule has 1 aromatic carbocycles. The summed E-state index contributed by atoms with van der Waals surface area (Å²) >= 11 is 0. The van der Waals surface area contributed by atoms with Crippen molar-refractivity contribution in [1.29, 1.82) is 0 Å². The van der Waals surface area contributed by atoms with Crippen molar-refractivity contribution in [2.75, 3.05) is 58.0 Å². The molecular weight excluding hydrogens is 481 g/mol. The fourth-order valence-corrected chi connectivity index (χ4v) is 5.51. The predicted molar refractivity (Wildman–Crippen MR) is 139 cm³/mol. The molecule has 2 fully saturated rings. The van der Waals surface area contributed by atoms with Crippen molar-refractivity contribution < 1.29 is 28.5 Å². The van der Waals surface area contributed by atoms with E-state index in [-0.39, 0.29) is 23.8 Å². The van der Waals surface area contributed by atoms with Crippen molar-refractivity contribution in [3.05, 3.63) is 39.9 Å². The minimum Gasteiger partial charge on any atom is -0.477 e. The number of ether oxygens (including phenoxy) is 3. The molecule has 2 aliphatic rings. The lowest BCUT2D eigenvalue weighted by molar-refractivity contribution is -0.121. The van der Waals surface area contributed by atoms with Gasteiger partial charge in [0.15, 0.2) is 6.29 Å². The number of rotatable bonds is 11. The monoisotopic (exact) mass is 519 g/mol. The average Bonchev–Trinajstić information content (AvgIpc) is 2.91. The molecule has 0 radical (unpaired) electrons. The van der Waals surface area contributed by atoms with Crippen LogP contribution in [0.4, 0.5) is 10.1 Å². The Morgan fingerprint density at radius 3 is 2.51 bits per heavy atom. The van der Waals surface area contributed by atoms with E-state index in [2.05, 4.69) is 10.2 Å². The number of carboxylic acid groups (broad SMARTS) is 1. The fraction of sp³-hybridized carbons (Fsp3) is 0.630. The van der Waals surface area contributed by atoms with Gasteiger partial charge < -0.3 is 34.1 Å². The van der Waals surface area contributed by atoms with E-state index in [1.807, 2.05) is 0 Å². The van der Waals surface area contributed by atoms with E-state index in [0.29, 0.717) is 36.9 Å². The molecule has 1 atom stereocenters. The Kier molecular flexibility index (Phi) is 9.53. The molecule has 0 saturated carbocycles. The summed E-state index contributed by atoms with van der Waals surface area (Å²) in [4.78, 5) is 26.6. The molecule has 4 rings (SSSR count). The Balaban J connectivity index is 1.51. The Bertz CT molecular complexity index is 1130. The summed E-state index contributed by atoms with van der Waals surface area (Å²) in [5.41, 5.74) is -0.119. The summed E-state index contributed by atoms with van der Waals surface area (Å²) in [5, 5.41) is 13.0. The third-order valence-electron chi connectivity index (χ3n) is 7.70. The van der Waals surface area contributed by atoms with Crippen LogP contribution in [0.2, 0.25) is 0 Å². The van der Waals surface area contributed by atoms with Gasteiger partial charge in [-0.2, -0.15) is 0 Å². The van der Waals surface area contributed by atoms with Crippen LogP contribution in [0.15, 0.2) is 23.1 Å². The molecule has 2 aliphatic heterocycles. The van der Waals surface area contributed by atoms with Gasteiger partial charge in [0.05, 0.1) is 31.0 Å². The highest BCUT2D eigenvalue weighted by Gasteiger charge is 2.29. The summed E-state index contributed by atoms with van der Waals surface area (Å²) < 4.78 is 33.0. The van der Waals surface area contributed by atoms with Crippen LogP contribution < -0.4 is 15.6 Å². The van der Waals surface area contributed by atoms with Crippen LogP contribution in [-0.4, -0.2) is 75.0 Å². The van der Waals surface area contributed by atoms with Gasteiger partial charge in [-0.05, 0) is 69.7 Å². The van der Waals surface area contributed by atoms with E-state index in [1.54, 1.807) is 24.7 Å². The number of halogens is 1. The van der Waals surface area contributed by atoms with Crippen LogP contribution in [0.5, 0.6) is 0 Å². The van der Waals surface area contributed by atoms with Crippen LogP contribution in [0.1, 0.15) is 43.0 Å². The Morgan fingerprint density at radius 1 is 1.14 bits per heavy atom. The van der Waals surface area contributed by atoms with Crippen molar-refractivity contribution in [3.63, 3.8) is 0 Å². The van der Waals surface area contributed by atoms with E-state index in [4.69, 9.17) is 14.2 Å². The third kappa shape index (κ3) is 6.67. The highest BCUT2D eigenvalue weighted by atomic mass is 19.1. The molecule has 9 nitrogen and oxygen atoms in total. The molecule has 10 heteroatoms. The maximum atomic E-state index is 15.3. The molecule has 37 heavy (non-hydrogen) atoms. The van der Waals surface area contributed by atoms with Crippen LogP contribution in [-0.2, 0) is 20.8 Å². The van der Waals surface area contributed by atoms with Gasteiger partial charge in [0, 0.05) is 38.3 Å². The van der Waals surface area contributed by atoms with E-state index < -0.39 is 17.2 Å². The zero-order valence-electron chi connectivity index (χ0n) is 21.7. The number of pyridine rings is 1. The van der Waals surface area contributed by atoms with Crippen LogP contribution in [0.25, 0.3) is 10.9 Å². The normalized spacial score (nSPS) is 18.4. The summed E-state index contributed by atoms with van der Waals surface area (Å²) in [6.07, 6.45) is 5.43. The molecule has 2 aromatic rings. The van der Waals surface area contributed by atoms with Crippen LogP contribution >= 0.6 is 0 Å². The second-order valence-electron chi connectivity index (χ2n) is 9.89. The number of anilines is 1. The summed E-state index contributed by atoms with van der Waals surface area (Å²) in [6.45, 7) is 6.72. The smallest absolute Gasteiger partial charge is 0.341 e. The number of piperidine rings is 2. The Hall–Kier alpha value is -2.53. The summed E-state index contributed by atoms with van der Waals surface area (Å²) in [7, 11) is 1.56. The Morgan fingerprint density at radius 2 is 1.84 bits per heavy atom. The lowest BCUT2D eigenvalue weighted by atomic mass is 9.79. The van der Waals surface area contributed by atoms with Gasteiger partial charge in [0.2, 0.25) is 5.43 Å². The van der Waals surface area contributed by atoms with Gasteiger partial charge in [-0.1, -0.05) is 0 Å². The second kappa shape index (κ2) is 12.8. The molecule has 0 aliphatic carbocycles. The maximum absolute atomic E-state index is 15.3. The number of carboxylic acids is 1. The van der Waals surface area contributed by atoms with E-state index >= 15 is 4.39 Å². The van der Waals surface area contributed by atoms with Crippen molar-refractivity contribution in [3.8, 4) is 0 Å². The molecule has 0 amide bonds. The number of hydrogen-bond acceptors (Lipinski definition) is 7. The largest absolute Gasteiger partial charge is 0.477 e. The van der Waals surface area contributed by atoms with E-state index in [9.17, 15) is 14.7 Å². The molecule has 3 heterocycles. The summed E-state index contributed by atoms with van der Waals surface area (Å²) in [5.74, 6) is -0.452. The first-order chi connectivity index (χ1) is 17.9. The van der Waals surface area contributed by atoms with Gasteiger partial charge in [-0.15, -0.1) is 0 Å². The number of aromatic carboxylic acids is 1. The number of aromatic nitrogens is 1. The molecule has 1 unspecified atom stereocenters. The molecule has 2 N–H and O–H groups in total. The van der Waals surface area contributed by atoms with Crippen LogP contribution in [0, 0.1) is 17.7 Å². The lowest BCUT2D eigenvalue weighted by Crippen LogP contribution is -2.39. The maximum Gasteiger partial charge on any atom is 0.341 e. The number of nitrogens with one attached hydrogen (secondary N) is 1. The molecular formula is C27H38FN3O6. The van der Waals surface area contributed by atoms with E-state index in [1.165, 1.54) is 25.1 Å². The minimum atomic E-state index is -1.34. The molecule has 2 saturated heterocycles. The standard InChI is InChI=1S/C27H38FN3O6/c1-18(35-2)37-14-13-36-12-11-31-17-22(27(33)34)26(32)21-15-23(28)25(16-24(21)31)30-9-5-20(6-10-30)19-3-7-29-8-4-19/h15-20,29H,3-14H2,1-2H3,(H,33,34). The highest BCUT2D eigenvalue weighted by molar-refractivity contribution is 5.93. The fourth-order valence-electron chi connectivity index (χ4n) is 5.51. The number of carbonyl (C=O) groups is 1. The number of methoxy groups -OCH3 is 1. The zero-order chi connectivity index (χ0) is 26.4. The SMILES string of the molecule is COC(C)OCCOCCn1cc(C(=O)O)c(=O)c2cc(F)c(N3CCC(C4CCNCC4)CC3)cc21. The Labute approximate surface area is 216 Å². The average molecular weight is 520 g/mol. The van der Waals surface area contributed by atoms with Gasteiger partial charge in [0.1, 0.15) is 11.4 Å². The quantitative estimate of drug-likeness (QED) is 0.345. The van der Waals surface area contributed by atoms with Crippen molar-refractivity contribution in [2.24, 2.45) is 11.8 Å². The highest BCUT2D eigenvalue weighted by Crippen LogP contribution is 2.34. The first kappa shape index (κ1) is 27.5. The number of fused-ring (bicyclic) bond motifs is 1. The van der Waals surface area contributed by atoms with Gasteiger partial charge in [-0.25, -0.2) is 9.18 Å². The van der Waals surface area contributed by atoms with E-state index in [0.717, 1.165) is 44.9 Å². The predicted octanol–water partition coefficient (Wildman–Crippen LogP) is 3.08. The lowest BCUT2D eigenvalue weighted by Gasteiger charge is -2.39. The first-order valence-corrected chi connectivity index (χ1v) is 13.2. The minimum absolute atomic E-state index is 0.0583. The van der Waals surface area contributed by atoms with Gasteiger partial charge in [0.25, 0.3) is 0 Å².